The van der Waals surface area contributed by atoms with Gasteiger partial charge in [-0.3, -0.25) is 0 Å². The minimum Gasteiger partial charge on any atom is -0.463 e. The third-order valence-corrected chi connectivity index (χ3v) is 2.25. The number of hydrogen-bond acceptors (Lipinski definition) is 2. The third kappa shape index (κ3) is 2.20. The van der Waals surface area contributed by atoms with Gasteiger partial charge in [0.15, 0.2) is 0 Å². The molecule has 13 heavy (non-hydrogen) atoms. The predicted octanol–water partition coefficient (Wildman–Crippen LogP) is 2.46. The zero-order valence-corrected chi connectivity index (χ0v) is 8.46. The van der Waals surface area contributed by atoms with Crippen LogP contribution in [0.3, 0.4) is 0 Å². The molecule has 0 aromatic rings. The summed E-state index contributed by atoms with van der Waals surface area (Å²) in [6, 6.07) is 0. The number of esters is 1. The lowest BCUT2D eigenvalue weighted by Crippen LogP contribution is -2.24. The smallest absolute Gasteiger partial charge is 0.334 e. The quantitative estimate of drug-likeness (QED) is 0.610. The normalized spacial score (nSPS) is 19.5. The lowest BCUT2D eigenvalue weighted by molar-refractivity contribution is -0.139. The van der Waals surface area contributed by atoms with Gasteiger partial charge in [-0.25, -0.2) is 4.79 Å². The Labute approximate surface area is 79.3 Å². The molecule has 0 spiro atoms. The molecule has 0 N–H and O–H groups in total. The molecule has 2 nitrogen and oxygen atoms in total. The van der Waals surface area contributed by atoms with E-state index in [1.807, 2.05) is 19.1 Å². The SMILES string of the molecule is CCOC(=O)C1=CC=CCC1(C)C. The molecule has 0 aliphatic heterocycles. The standard InChI is InChI=1S/C11H16O2/c1-4-13-10(12)9-7-5-6-8-11(9,2)3/h5-7H,4,8H2,1-3H3. The van der Waals surface area contributed by atoms with Gasteiger partial charge in [0.1, 0.15) is 0 Å². The van der Waals surface area contributed by atoms with Crippen LogP contribution in [0.15, 0.2) is 23.8 Å². The predicted molar refractivity (Wildman–Crippen MR) is 52.3 cm³/mol. The minimum atomic E-state index is -0.183. The van der Waals surface area contributed by atoms with Crippen molar-refractivity contribution in [1.29, 1.82) is 0 Å². The van der Waals surface area contributed by atoms with Crippen LogP contribution in [0.1, 0.15) is 27.2 Å². The topological polar surface area (TPSA) is 26.3 Å². The molecule has 0 fully saturated rings. The molecule has 0 amide bonds. The van der Waals surface area contributed by atoms with E-state index in [0.717, 1.165) is 12.0 Å². The van der Waals surface area contributed by atoms with Crippen LogP contribution in [0, 0.1) is 5.41 Å². The van der Waals surface area contributed by atoms with Crippen molar-refractivity contribution in [2.75, 3.05) is 6.61 Å². The Morgan fingerprint density at radius 3 is 2.85 bits per heavy atom. The van der Waals surface area contributed by atoms with Crippen LogP contribution in [0.25, 0.3) is 0 Å². The van der Waals surface area contributed by atoms with E-state index in [2.05, 4.69) is 19.9 Å². The first-order valence-electron chi connectivity index (χ1n) is 4.62. The van der Waals surface area contributed by atoms with Crippen molar-refractivity contribution in [3.05, 3.63) is 23.8 Å². The molecule has 0 radical (unpaired) electrons. The van der Waals surface area contributed by atoms with Gasteiger partial charge < -0.3 is 4.74 Å². The van der Waals surface area contributed by atoms with E-state index < -0.39 is 0 Å². The van der Waals surface area contributed by atoms with Crippen LogP contribution in [-0.4, -0.2) is 12.6 Å². The maximum Gasteiger partial charge on any atom is 0.334 e. The van der Waals surface area contributed by atoms with Crippen LogP contribution < -0.4 is 0 Å². The molecular weight excluding hydrogens is 164 g/mol. The van der Waals surface area contributed by atoms with Gasteiger partial charge >= 0.3 is 5.97 Å². The highest BCUT2D eigenvalue weighted by molar-refractivity contribution is 5.90. The number of carbonyl (C=O) groups is 1. The number of carbonyl (C=O) groups excluding carboxylic acids is 1. The average Bonchev–Trinajstić information content (AvgIpc) is 2.03. The molecule has 72 valence electrons. The van der Waals surface area contributed by atoms with Gasteiger partial charge in [0, 0.05) is 11.0 Å². The second-order valence-electron chi connectivity index (χ2n) is 3.82. The van der Waals surface area contributed by atoms with Gasteiger partial charge in [0.25, 0.3) is 0 Å². The van der Waals surface area contributed by atoms with E-state index in [4.69, 9.17) is 4.74 Å². The average molecular weight is 180 g/mol. The van der Waals surface area contributed by atoms with E-state index in [0.29, 0.717) is 6.61 Å². The van der Waals surface area contributed by atoms with Gasteiger partial charge in [-0.2, -0.15) is 0 Å². The zero-order valence-electron chi connectivity index (χ0n) is 8.46. The molecule has 1 aliphatic carbocycles. The van der Waals surface area contributed by atoms with Crippen LogP contribution in [0.2, 0.25) is 0 Å². The van der Waals surface area contributed by atoms with Gasteiger partial charge in [0.05, 0.1) is 6.61 Å². The molecule has 0 bridgehead atoms. The fourth-order valence-corrected chi connectivity index (χ4v) is 1.42. The Balaban J connectivity index is 2.82. The molecule has 0 saturated heterocycles. The highest BCUT2D eigenvalue weighted by Gasteiger charge is 2.29. The van der Waals surface area contributed by atoms with Gasteiger partial charge in [-0.1, -0.05) is 32.1 Å². The molecular formula is C11H16O2. The molecule has 1 aliphatic rings. The molecule has 1 rings (SSSR count). The highest BCUT2D eigenvalue weighted by Crippen LogP contribution is 2.34. The molecule has 0 heterocycles. The fraction of sp³-hybridized carbons (Fsp3) is 0.545. The molecule has 0 aromatic heterocycles. The van der Waals surface area contributed by atoms with Crippen molar-refractivity contribution >= 4 is 5.97 Å². The van der Waals surface area contributed by atoms with E-state index in [1.54, 1.807) is 0 Å². The first kappa shape index (κ1) is 10.0. The van der Waals surface area contributed by atoms with Crippen LogP contribution >= 0.6 is 0 Å². The summed E-state index contributed by atoms with van der Waals surface area (Å²) in [4.78, 5) is 11.5. The maximum absolute atomic E-state index is 11.5. The van der Waals surface area contributed by atoms with E-state index in [-0.39, 0.29) is 11.4 Å². The van der Waals surface area contributed by atoms with Gasteiger partial charge in [-0.05, 0) is 13.3 Å². The summed E-state index contributed by atoms with van der Waals surface area (Å²) in [6.07, 6.45) is 6.74. The summed E-state index contributed by atoms with van der Waals surface area (Å²) in [5.74, 6) is -0.183. The van der Waals surface area contributed by atoms with E-state index >= 15 is 0 Å². The van der Waals surface area contributed by atoms with Gasteiger partial charge in [-0.15, -0.1) is 0 Å². The molecule has 0 aromatic carbocycles. The summed E-state index contributed by atoms with van der Waals surface area (Å²) in [6.45, 7) is 6.37. The Morgan fingerprint density at radius 1 is 1.62 bits per heavy atom. The number of allylic oxidation sites excluding steroid dienone is 3. The summed E-state index contributed by atoms with van der Waals surface area (Å²) < 4.78 is 4.98. The lowest BCUT2D eigenvalue weighted by Gasteiger charge is -2.27. The number of ether oxygens (including phenoxy) is 1. The first-order valence-corrected chi connectivity index (χ1v) is 4.62. The molecule has 2 heteroatoms. The Hall–Kier alpha value is -1.05. The fourth-order valence-electron chi connectivity index (χ4n) is 1.42. The van der Waals surface area contributed by atoms with Crippen molar-refractivity contribution in [3.63, 3.8) is 0 Å². The molecule has 0 unspecified atom stereocenters. The second-order valence-corrected chi connectivity index (χ2v) is 3.82. The zero-order chi connectivity index (χ0) is 9.90. The highest BCUT2D eigenvalue weighted by atomic mass is 16.5. The monoisotopic (exact) mass is 180 g/mol. The van der Waals surface area contributed by atoms with E-state index in [9.17, 15) is 4.79 Å². The number of rotatable bonds is 2. The Morgan fingerprint density at radius 2 is 2.31 bits per heavy atom. The largest absolute Gasteiger partial charge is 0.463 e. The van der Waals surface area contributed by atoms with Crippen molar-refractivity contribution < 1.29 is 9.53 Å². The summed E-state index contributed by atoms with van der Waals surface area (Å²) in [5.41, 5.74) is 0.693. The second kappa shape index (κ2) is 3.77. The molecule has 0 atom stereocenters. The molecule has 0 saturated carbocycles. The first-order chi connectivity index (χ1) is 6.08. The minimum absolute atomic E-state index is 0.0823. The summed E-state index contributed by atoms with van der Waals surface area (Å²) in [5, 5.41) is 0. The van der Waals surface area contributed by atoms with Crippen molar-refractivity contribution in [2.24, 2.45) is 5.41 Å². The Kier molecular flexibility index (Phi) is 2.91. The van der Waals surface area contributed by atoms with E-state index in [1.165, 1.54) is 0 Å². The lowest BCUT2D eigenvalue weighted by atomic mass is 9.78. The van der Waals surface area contributed by atoms with Crippen molar-refractivity contribution in [3.8, 4) is 0 Å². The summed E-state index contributed by atoms with van der Waals surface area (Å²) in [7, 11) is 0. The number of hydrogen-bond donors (Lipinski definition) is 0. The summed E-state index contributed by atoms with van der Waals surface area (Å²) >= 11 is 0. The van der Waals surface area contributed by atoms with Gasteiger partial charge in [0.2, 0.25) is 0 Å². The maximum atomic E-state index is 11.5. The Bertz CT molecular complexity index is 259. The van der Waals surface area contributed by atoms with Crippen LogP contribution in [-0.2, 0) is 9.53 Å². The van der Waals surface area contributed by atoms with Crippen LogP contribution in [0.5, 0.6) is 0 Å². The third-order valence-electron chi connectivity index (χ3n) is 2.25. The van der Waals surface area contributed by atoms with Crippen LogP contribution in [0.4, 0.5) is 0 Å². The van der Waals surface area contributed by atoms with Crippen molar-refractivity contribution in [2.45, 2.75) is 27.2 Å². The van der Waals surface area contributed by atoms with Crippen molar-refractivity contribution in [1.82, 2.24) is 0 Å².